The summed E-state index contributed by atoms with van der Waals surface area (Å²) < 4.78 is 0. The molecule has 0 saturated carbocycles. The highest BCUT2D eigenvalue weighted by molar-refractivity contribution is 7.99. The number of anilines is 1. The summed E-state index contributed by atoms with van der Waals surface area (Å²) in [5, 5.41) is 11.3. The SMILES string of the molecule is Cc1ccc(C)c(NC(=O)CSCCCC#N)c1. The third-order valence-corrected chi connectivity index (χ3v) is 3.52. The number of amides is 1. The number of hydrogen-bond acceptors (Lipinski definition) is 3. The first-order valence-electron chi connectivity index (χ1n) is 5.95. The van der Waals surface area contributed by atoms with Gasteiger partial charge in [-0.3, -0.25) is 4.79 Å². The average Bonchev–Trinajstić information content (AvgIpc) is 2.33. The first-order valence-corrected chi connectivity index (χ1v) is 7.10. The summed E-state index contributed by atoms with van der Waals surface area (Å²) in [6, 6.07) is 8.11. The molecule has 96 valence electrons. The number of nitrogens with zero attached hydrogens (tertiary/aromatic N) is 1. The maximum Gasteiger partial charge on any atom is 0.234 e. The van der Waals surface area contributed by atoms with Gasteiger partial charge in [0.05, 0.1) is 11.8 Å². The van der Waals surface area contributed by atoms with Gasteiger partial charge in [-0.1, -0.05) is 12.1 Å². The molecule has 1 aromatic rings. The van der Waals surface area contributed by atoms with Crippen molar-refractivity contribution in [1.82, 2.24) is 0 Å². The molecule has 0 aliphatic heterocycles. The zero-order chi connectivity index (χ0) is 13.4. The summed E-state index contributed by atoms with van der Waals surface area (Å²) in [7, 11) is 0. The maximum absolute atomic E-state index is 11.7. The van der Waals surface area contributed by atoms with Gasteiger partial charge < -0.3 is 5.32 Å². The third-order valence-electron chi connectivity index (χ3n) is 2.48. The van der Waals surface area contributed by atoms with Gasteiger partial charge in [-0.05, 0) is 43.2 Å². The lowest BCUT2D eigenvalue weighted by Crippen LogP contribution is -2.15. The molecule has 1 aromatic carbocycles. The molecule has 0 aliphatic rings. The van der Waals surface area contributed by atoms with Crippen molar-refractivity contribution >= 4 is 23.4 Å². The molecule has 18 heavy (non-hydrogen) atoms. The first-order chi connectivity index (χ1) is 8.63. The van der Waals surface area contributed by atoms with Crippen molar-refractivity contribution in [3.8, 4) is 6.07 Å². The number of hydrogen-bond donors (Lipinski definition) is 1. The number of benzene rings is 1. The van der Waals surface area contributed by atoms with E-state index in [0.717, 1.165) is 29.0 Å². The maximum atomic E-state index is 11.7. The second-order valence-electron chi connectivity index (χ2n) is 4.18. The topological polar surface area (TPSA) is 52.9 Å². The van der Waals surface area contributed by atoms with E-state index in [9.17, 15) is 4.79 Å². The van der Waals surface area contributed by atoms with Crippen molar-refractivity contribution in [2.75, 3.05) is 16.8 Å². The van der Waals surface area contributed by atoms with Crippen molar-refractivity contribution in [2.24, 2.45) is 0 Å². The number of nitriles is 1. The smallest absolute Gasteiger partial charge is 0.234 e. The highest BCUT2D eigenvalue weighted by Crippen LogP contribution is 2.16. The van der Waals surface area contributed by atoms with E-state index in [1.165, 1.54) is 0 Å². The van der Waals surface area contributed by atoms with E-state index in [1.54, 1.807) is 11.8 Å². The molecule has 0 atom stereocenters. The van der Waals surface area contributed by atoms with Crippen LogP contribution in [0.4, 0.5) is 5.69 Å². The van der Waals surface area contributed by atoms with Crippen LogP contribution in [-0.4, -0.2) is 17.4 Å². The monoisotopic (exact) mass is 262 g/mol. The summed E-state index contributed by atoms with van der Waals surface area (Å²) in [6.07, 6.45) is 1.41. The summed E-state index contributed by atoms with van der Waals surface area (Å²) in [6.45, 7) is 3.99. The number of carbonyl (C=O) groups is 1. The van der Waals surface area contributed by atoms with Crippen LogP contribution in [0.5, 0.6) is 0 Å². The summed E-state index contributed by atoms with van der Waals surface area (Å²) in [4.78, 5) is 11.7. The van der Waals surface area contributed by atoms with Crippen molar-refractivity contribution in [1.29, 1.82) is 5.26 Å². The normalized spacial score (nSPS) is 9.83. The molecule has 0 aromatic heterocycles. The zero-order valence-electron chi connectivity index (χ0n) is 10.8. The standard InChI is InChI=1S/C14H18N2OS/c1-11-5-6-12(2)13(9-11)16-14(17)10-18-8-4-3-7-15/h5-6,9H,3-4,8,10H2,1-2H3,(H,16,17). The average molecular weight is 262 g/mol. The predicted molar refractivity (Wildman–Crippen MR) is 76.7 cm³/mol. The molecule has 3 nitrogen and oxygen atoms in total. The van der Waals surface area contributed by atoms with E-state index in [-0.39, 0.29) is 5.91 Å². The molecule has 0 spiro atoms. The number of rotatable bonds is 6. The van der Waals surface area contributed by atoms with Crippen molar-refractivity contribution in [3.05, 3.63) is 29.3 Å². The molecule has 0 fully saturated rings. The lowest BCUT2D eigenvalue weighted by molar-refractivity contribution is -0.113. The third kappa shape index (κ3) is 5.24. The van der Waals surface area contributed by atoms with Gasteiger partial charge in [0.1, 0.15) is 0 Å². The molecule has 0 radical (unpaired) electrons. The molecule has 0 unspecified atom stereocenters. The first kappa shape index (κ1) is 14.6. The minimum atomic E-state index is 0.0191. The van der Waals surface area contributed by atoms with Crippen molar-refractivity contribution < 1.29 is 4.79 Å². The minimum absolute atomic E-state index is 0.0191. The molecule has 1 N–H and O–H groups in total. The van der Waals surface area contributed by atoms with Crippen LogP contribution < -0.4 is 5.32 Å². The van der Waals surface area contributed by atoms with Crippen LogP contribution in [0.15, 0.2) is 18.2 Å². The molecule has 0 bridgehead atoms. The fourth-order valence-corrected chi connectivity index (χ4v) is 2.23. The van der Waals surface area contributed by atoms with Gasteiger partial charge in [0.25, 0.3) is 0 Å². The second kappa shape index (κ2) is 7.78. The number of thioether (sulfide) groups is 1. The molecule has 4 heteroatoms. The number of unbranched alkanes of at least 4 members (excludes halogenated alkanes) is 1. The molecular formula is C14H18N2OS. The molecule has 0 aliphatic carbocycles. The lowest BCUT2D eigenvalue weighted by Gasteiger charge is -2.09. The van der Waals surface area contributed by atoms with Crippen molar-refractivity contribution in [3.63, 3.8) is 0 Å². The van der Waals surface area contributed by atoms with Crippen LogP contribution >= 0.6 is 11.8 Å². The summed E-state index contributed by atoms with van der Waals surface area (Å²) in [5.41, 5.74) is 3.10. The Hall–Kier alpha value is -1.47. The van der Waals surface area contributed by atoms with Gasteiger partial charge in [-0.15, -0.1) is 0 Å². The van der Waals surface area contributed by atoms with Crippen LogP contribution in [0, 0.1) is 25.2 Å². The molecule has 1 rings (SSSR count). The fraction of sp³-hybridized carbons (Fsp3) is 0.429. The lowest BCUT2D eigenvalue weighted by atomic mass is 10.1. The molecule has 0 heterocycles. The van der Waals surface area contributed by atoms with E-state index in [0.29, 0.717) is 12.2 Å². The Labute approximate surface area is 113 Å². The highest BCUT2D eigenvalue weighted by Gasteiger charge is 2.04. The van der Waals surface area contributed by atoms with Crippen LogP contribution in [0.3, 0.4) is 0 Å². The minimum Gasteiger partial charge on any atom is -0.325 e. The quantitative estimate of drug-likeness (QED) is 0.800. The van der Waals surface area contributed by atoms with Gasteiger partial charge in [0.15, 0.2) is 0 Å². The number of nitrogens with one attached hydrogen (secondary N) is 1. The molecular weight excluding hydrogens is 244 g/mol. The number of aryl methyl sites for hydroxylation is 2. The fourth-order valence-electron chi connectivity index (χ4n) is 1.47. The largest absolute Gasteiger partial charge is 0.325 e. The molecule has 1 amide bonds. The van der Waals surface area contributed by atoms with Crippen LogP contribution in [0.2, 0.25) is 0 Å². The Morgan fingerprint density at radius 1 is 1.44 bits per heavy atom. The summed E-state index contributed by atoms with van der Waals surface area (Å²) >= 11 is 1.57. The van der Waals surface area contributed by atoms with E-state index in [1.807, 2.05) is 32.0 Å². The van der Waals surface area contributed by atoms with Crippen molar-refractivity contribution in [2.45, 2.75) is 26.7 Å². The van der Waals surface area contributed by atoms with E-state index >= 15 is 0 Å². The Morgan fingerprint density at radius 2 is 2.22 bits per heavy atom. The number of carbonyl (C=O) groups excluding carboxylic acids is 1. The highest BCUT2D eigenvalue weighted by atomic mass is 32.2. The Morgan fingerprint density at radius 3 is 2.94 bits per heavy atom. The van der Waals surface area contributed by atoms with Gasteiger partial charge in [0, 0.05) is 12.1 Å². The van der Waals surface area contributed by atoms with Crippen LogP contribution in [0.1, 0.15) is 24.0 Å². The van der Waals surface area contributed by atoms with E-state index in [2.05, 4.69) is 11.4 Å². The zero-order valence-corrected chi connectivity index (χ0v) is 11.6. The predicted octanol–water partition coefficient (Wildman–Crippen LogP) is 3.28. The Balaban J connectivity index is 2.36. The Kier molecular flexibility index (Phi) is 6.31. The van der Waals surface area contributed by atoms with Gasteiger partial charge in [0.2, 0.25) is 5.91 Å². The van der Waals surface area contributed by atoms with Gasteiger partial charge >= 0.3 is 0 Å². The van der Waals surface area contributed by atoms with Gasteiger partial charge in [-0.2, -0.15) is 17.0 Å². The van der Waals surface area contributed by atoms with Crippen LogP contribution in [-0.2, 0) is 4.79 Å². The van der Waals surface area contributed by atoms with E-state index < -0.39 is 0 Å². The summed E-state index contributed by atoms with van der Waals surface area (Å²) in [5.74, 6) is 1.32. The Bertz CT molecular complexity index is 452. The van der Waals surface area contributed by atoms with E-state index in [4.69, 9.17) is 5.26 Å². The van der Waals surface area contributed by atoms with Gasteiger partial charge in [-0.25, -0.2) is 0 Å². The van der Waals surface area contributed by atoms with Crippen LogP contribution in [0.25, 0.3) is 0 Å². The molecule has 0 saturated heterocycles. The second-order valence-corrected chi connectivity index (χ2v) is 5.29.